The molecule has 1 aromatic carbocycles. The Kier molecular flexibility index (Phi) is 4.52. The normalized spacial score (nSPS) is 26.7. The van der Waals surface area contributed by atoms with Crippen LogP contribution in [0.25, 0.3) is 0 Å². The molecule has 3 aliphatic rings. The summed E-state index contributed by atoms with van der Waals surface area (Å²) in [4.78, 5) is 30.1. The van der Waals surface area contributed by atoms with Crippen molar-refractivity contribution in [1.29, 1.82) is 0 Å². The van der Waals surface area contributed by atoms with Gasteiger partial charge in [0.05, 0.1) is 12.2 Å². The summed E-state index contributed by atoms with van der Waals surface area (Å²) in [5.41, 5.74) is -0.923. The Balaban J connectivity index is 1.36. The van der Waals surface area contributed by atoms with Crippen LogP contribution in [0.4, 0.5) is 23.7 Å². The van der Waals surface area contributed by atoms with E-state index in [4.69, 9.17) is 0 Å². The Morgan fingerprint density at radius 2 is 1.82 bits per heavy atom. The molecule has 9 heteroatoms. The third-order valence-electron chi connectivity index (χ3n) is 5.95. The fourth-order valence-corrected chi connectivity index (χ4v) is 4.01. The highest BCUT2D eigenvalue weighted by atomic mass is 19.4. The average Bonchev–Trinajstić information content (AvgIpc) is 3.48. The van der Waals surface area contributed by atoms with Crippen molar-refractivity contribution in [1.82, 2.24) is 15.1 Å². The number of benzene rings is 1. The molecule has 3 fully saturated rings. The Morgan fingerprint density at radius 3 is 2.43 bits per heavy atom. The van der Waals surface area contributed by atoms with E-state index in [9.17, 15) is 22.8 Å². The number of hydrogen-bond donors (Lipinski definition) is 1. The molecule has 0 bridgehead atoms. The summed E-state index contributed by atoms with van der Waals surface area (Å²) in [6, 6.07) is 4.95. The van der Waals surface area contributed by atoms with E-state index in [2.05, 4.69) is 5.32 Å². The number of amides is 3. The van der Waals surface area contributed by atoms with Crippen molar-refractivity contribution in [2.24, 2.45) is 5.92 Å². The molecule has 3 amide bonds. The SMILES string of the molecule is CC1(C2CC2)NC(=O)N(CN2CCN(c3cccc(C(F)(F)F)c3)CC2)C1=O. The number of piperazine rings is 1. The number of hydrogen-bond acceptors (Lipinski definition) is 4. The van der Waals surface area contributed by atoms with E-state index in [-0.39, 0.29) is 24.5 Å². The van der Waals surface area contributed by atoms with Crippen molar-refractivity contribution in [3.63, 3.8) is 0 Å². The second-order valence-electron chi connectivity index (χ2n) is 7.93. The monoisotopic (exact) mass is 396 g/mol. The predicted molar refractivity (Wildman–Crippen MR) is 96.6 cm³/mol. The smallest absolute Gasteiger partial charge is 0.369 e. The quantitative estimate of drug-likeness (QED) is 0.795. The van der Waals surface area contributed by atoms with Crippen molar-refractivity contribution < 1.29 is 22.8 Å². The number of imide groups is 1. The highest BCUT2D eigenvalue weighted by Gasteiger charge is 2.56. The van der Waals surface area contributed by atoms with E-state index in [0.717, 1.165) is 25.0 Å². The van der Waals surface area contributed by atoms with Gasteiger partial charge in [0.25, 0.3) is 5.91 Å². The highest BCUT2D eigenvalue weighted by molar-refractivity contribution is 6.07. The topological polar surface area (TPSA) is 55.9 Å². The van der Waals surface area contributed by atoms with Crippen LogP contribution in [0.3, 0.4) is 0 Å². The van der Waals surface area contributed by atoms with Crippen LogP contribution in [0, 0.1) is 5.92 Å². The summed E-state index contributed by atoms with van der Waals surface area (Å²) in [6.45, 7) is 4.19. The van der Waals surface area contributed by atoms with Crippen molar-refractivity contribution in [3.05, 3.63) is 29.8 Å². The van der Waals surface area contributed by atoms with Crippen LogP contribution in [0.15, 0.2) is 24.3 Å². The molecular weight excluding hydrogens is 373 g/mol. The van der Waals surface area contributed by atoms with Crippen molar-refractivity contribution in [2.45, 2.75) is 31.5 Å². The van der Waals surface area contributed by atoms with Crippen molar-refractivity contribution in [2.75, 3.05) is 37.7 Å². The lowest BCUT2D eigenvalue weighted by atomic mass is 9.96. The van der Waals surface area contributed by atoms with Crippen molar-refractivity contribution in [3.8, 4) is 0 Å². The third kappa shape index (κ3) is 3.43. The van der Waals surface area contributed by atoms with E-state index in [1.165, 1.54) is 11.0 Å². The molecule has 1 aliphatic carbocycles. The number of rotatable bonds is 4. The molecular formula is C19H23F3N4O2. The average molecular weight is 396 g/mol. The summed E-state index contributed by atoms with van der Waals surface area (Å²) in [5.74, 6) is 0.0343. The van der Waals surface area contributed by atoms with E-state index in [0.29, 0.717) is 31.9 Å². The Bertz CT molecular complexity index is 788. The van der Waals surface area contributed by atoms with Crippen LogP contribution in [-0.4, -0.2) is 60.1 Å². The van der Waals surface area contributed by atoms with E-state index >= 15 is 0 Å². The van der Waals surface area contributed by atoms with Gasteiger partial charge < -0.3 is 10.2 Å². The molecule has 1 aromatic rings. The molecule has 2 saturated heterocycles. The van der Waals surface area contributed by atoms with Gasteiger partial charge in [0, 0.05) is 31.9 Å². The maximum absolute atomic E-state index is 12.9. The number of nitrogens with one attached hydrogen (secondary N) is 1. The Hall–Kier alpha value is -2.29. The van der Waals surface area contributed by atoms with Gasteiger partial charge in [-0.2, -0.15) is 13.2 Å². The molecule has 28 heavy (non-hydrogen) atoms. The molecule has 0 radical (unpaired) electrons. The van der Waals surface area contributed by atoms with Gasteiger partial charge in [-0.25, -0.2) is 9.69 Å². The maximum atomic E-state index is 12.9. The van der Waals surface area contributed by atoms with Gasteiger partial charge >= 0.3 is 12.2 Å². The number of urea groups is 1. The molecule has 152 valence electrons. The summed E-state index contributed by atoms with van der Waals surface area (Å²) in [5, 5.41) is 2.83. The minimum Gasteiger partial charge on any atom is -0.369 e. The van der Waals surface area contributed by atoms with Gasteiger partial charge in [-0.1, -0.05) is 6.07 Å². The summed E-state index contributed by atoms with van der Waals surface area (Å²) >= 11 is 0. The molecule has 4 rings (SSSR count). The van der Waals surface area contributed by atoms with Gasteiger partial charge in [0.2, 0.25) is 0 Å². The maximum Gasteiger partial charge on any atom is 0.416 e. The Morgan fingerprint density at radius 1 is 1.14 bits per heavy atom. The molecule has 2 heterocycles. The standard InChI is InChI=1S/C19H23F3N4O2/c1-18(13-5-6-13)16(27)26(17(28)23-18)12-24-7-9-25(10-8-24)15-4-2-3-14(11-15)19(20,21)22/h2-4,11,13H,5-10,12H2,1H3,(H,23,28). The van der Waals surface area contributed by atoms with Crippen LogP contribution in [0.1, 0.15) is 25.3 Å². The summed E-state index contributed by atoms with van der Waals surface area (Å²) < 4.78 is 38.8. The van der Waals surface area contributed by atoms with E-state index < -0.39 is 17.3 Å². The first-order valence-electron chi connectivity index (χ1n) is 9.47. The third-order valence-corrected chi connectivity index (χ3v) is 5.95. The zero-order valence-corrected chi connectivity index (χ0v) is 15.6. The fourth-order valence-electron chi connectivity index (χ4n) is 4.01. The summed E-state index contributed by atoms with van der Waals surface area (Å²) in [6.07, 6.45) is -2.46. The molecule has 1 unspecified atom stereocenters. The van der Waals surface area contributed by atoms with Crippen LogP contribution in [0.2, 0.25) is 0 Å². The summed E-state index contributed by atoms with van der Waals surface area (Å²) in [7, 11) is 0. The number of carbonyl (C=O) groups is 2. The van der Waals surface area contributed by atoms with Gasteiger partial charge in [-0.15, -0.1) is 0 Å². The second kappa shape index (κ2) is 6.65. The molecule has 1 saturated carbocycles. The van der Waals surface area contributed by atoms with Gasteiger partial charge in [-0.05, 0) is 43.9 Å². The molecule has 0 aromatic heterocycles. The zero-order valence-electron chi connectivity index (χ0n) is 15.6. The van der Waals surface area contributed by atoms with Crippen LogP contribution >= 0.6 is 0 Å². The lowest BCUT2D eigenvalue weighted by Gasteiger charge is -2.37. The minimum atomic E-state index is -4.37. The first kappa shape index (κ1) is 19.0. The second-order valence-corrected chi connectivity index (χ2v) is 7.93. The molecule has 6 nitrogen and oxygen atoms in total. The van der Waals surface area contributed by atoms with E-state index in [1.54, 1.807) is 13.0 Å². The number of halogens is 3. The van der Waals surface area contributed by atoms with Gasteiger partial charge in [0.15, 0.2) is 0 Å². The largest absolute Gasteiger partial charge is 0.416 e. The first-order chi connectivity index (χ1) is 13.2. The van der Waals surface area contributed by atoms with Crippen molar-refractivity contribution >= 4 is 17.6 Å². The number of alkyl halides is 3. The fraction of sp³-hybridized carbons (Fsp3) is 0.579. The van der Waals surface area contributed by atoms with Crippen LogP contribution in [-0.2, 0) is 11.0 Å². The molecule has 1 N–H and O–H groups in total. The zero-order chi connectivity index (χ0) is 20.1. The Labute approximate surface area is 161 Å². The predicted octanol–water partition coefficient (Wildman–Crippen LogP) is 2.51. The molecule has 2 aliphatic heterocycles. The lowest BCUT2D eigenvalue weighted by molar-refractivity contribution is -0.137. The number of anilines is 1. The number of carbonyl (C=O) groups excluding carboxylic acids is 2. The van der Waals surface area contributed by atoms with Crippen LogP contribution < -0.4 is 10.2 Å². The van der Waals surface area contributed by atoms with E-state index in [1.807, 2.05) is 9.80 Å². The molecule has 0 spiro atoms. The minimum absolute atomic E-state index is 0.180. The lowest BCUT2D eigenvalue weighted by Crippen LogP contribution is -2.52. The van der Waals surface area contributed by atoms with Crippen LogP contribution in [0.5, 0.6) is 0 Å². The van der Waals surface area contributed by atoms with Gasteiger partial charge in [-0.3, -0.25) is 9.69 Å². The molecule has 1 atom stereocenters. The first-order valence-corrected chi connectivity index (χ1v) is 9.47. The van der Waals surface area contributed by atoms with Gasteiger partial charge in [0.1, 0.15) is 5.54 Å². The number of nitrogens with zero attached hydrogens (tertiary/aromatic N) is 3. The highest BCUT2D eigenvalue weighted by Crippen LogP contribution is 2.42.